The Hall–Kier alpha value is -2.11. The van der Waals surface area contributed by atoms with Gasteiger partial charge in [0.2, 0.25) is 5.91 Å². The van der Waals surface area contributed by atoms with Crippen molar-refractivity contribution in [1.82, 2.24) is 15.5 Å². The number of carbonyl (C=O) groups is 1. The lowest BCUT2D eigenvalue weighted by atomic mass is 9.79. The van der Waals surface area contributed by atoms with E-state index in [2.05, 4.69) is 25.8 Å². The molecule has 0 bridgehead atoms. The molecule has 0 aliphatic carbocycles. The topological polar surface area (TPSA) is 112 Å². The number of hydrogen-bond acceptors (Lipinski definition) is 5. The van der Waals surface area contributed by atoms with Crippen LogP contribution in [0, 0.1) is 15.5 Å². The number of piperidine rings is 1. The highest BCUT2D eigenvalue weighted by Crippen LogP contribution is 2.35. The summed E-state index contributed by atoms with van der Waals surface area (Å²) >= 11 is 0. The predicted molar refractivity (Wildman–Crippen MR) is 119 cm³/mol. The van der Waals surface area contributed by atoms with Crippen molar-refractivity contribution in [3.8, 4) is 0 Å². The smallest absolute Gasteiger partial charge is 0.269 e. The van der Waals surface area contributed by atoms with E-state index in [1.54, 1.807) is 19.2 Å². The first-order valence-corrected chi connectivity index (χ1v) is 9.22. The maximum atomic E-state index is 11.6. The van der Waals surface area contributed by atoms with Crippen LogP contribution >= 0.6 is 24.0 Å². The number of guanidine groups is 1. The van der Waals surface area contributed by atoms with Crippen LogP contribution in [0.25, 0.3) is 0 Å². The summed E-state index contributed by atoms with van der Waals surface area (Å²) < 4.78 is 0. The van der Waals surface area contributed by atoms with Gasteiger partial charge < -0.3 is 20.9 Å². The molecule has 154 valence electrons. The van der Waals surface area contributed by atoms with Crippen molar-refractivity contribution in [3.05, 3.63) is 34.4 Å². The summed E-state index contributed by atoms with van der Waals surface area (Å²) in [6.45, 7) is 3.85. The van der Waals surface area contributed by atoms with Crippen molar-refractivity contribution in [2.24, 2.45) is 10.4 Å². The predicted octanol–water partition coefficient (Wildman–Crippen LogP) is 1.80. The average molecular weight is 502 g/mol. The lowest BCUT2D eigenvalue weighted by Gasteiger charge is -2.40. The first kappa shape index (κ1) is 22.2. The number of nitrogens with one attached hydrogen (secondary N) is 3. The van der Waals surface area contributed by atoms with Crippen LogP contribution in [-0.2, 0) is 4.79 Å². The molecule has 2 aliphatic rings. The van der Waals surface area contributed by atoms with Gasteiger partial charge in [0.25, 0.3) is 5.69 Å². The Morgan fingerprint density at radius 1 is 1.36 bits per heavy atom. The number of aliphatic imine (C=N–C) groups is 1. The molecule has 1 aromatic carbocycles. The van der Waals surface area contributed by atoms with Crippen LogP contribution in [0.1, 0.15) is 19.3 Å². The molecular formula is C18H27IN6O3. The summed E-state index contributed by atoms with van der Waals surface area (Å²) in [6, 6.07) is 6.37. The van der Waals surface area contributed by atoms with Gasteiger partial charge in [-0.15, -0.1) is 24.0 Å². The number of nitro benzene ring substituents is 1. The molecule has 1 aromatic rings. The van der Waals surface area contributed by atoms with Gasteiger partial charge in [-0.1, -0.05) is 0 Å². The van der Waals surface area contributed by atoms with Gasteiger partial charge in [0.05, 0.1) is 4.92 Å². The minimum absolute atomic E-state index is 0. The molecule has 0 aromatic heterocycles. The Labute approximate surface area is 181 Å². The molecule has 3 rings (SSSR count). The van der Waals surface area contributed by atoms with Crippen LogP contribution in [0.4, 0.5) is 11.4 Å². The van der Waals surface area contributed by atoms with Crippen LogP contribution in [0.3, 0.4) is 0 Å². The van der Waals surface area contributed by atoms with Crippen molar-refractivity contribution in [3.63, 3.8) is 0 Å². The third-order valence-electron chi connectivity index (χ3n) is 5.18. The van der Waals surface area contributed by atoms with Crippen molar-refractivity contribution in [2.75, 3.05) is 45.1 Å². The minimum atomic E-state index is -0.409. The molecule has 1 amide bonds. The van der Waals surface area contributed by atoms with Gasteiger partial charge in [-0.2, -0.15) is 0 Å². The van der Waals surface area contributed by atoms with Gasteiger partial charge in [-0.3, -0.25) is 19.9 Å². The van der Waals surface area contributed by atoms with Gasteiger partial charge in [-0.25, -0.2) is 0 Å². The monoisotopic (exact) mass is 502 g/mol. The fourth-order valence-electron chi connectivity index (χ4n) is 3.84. The Morgan fingerprint density at radius 3 is 2.71 bits per heavy atom. The highest BCUT2D eigenvalue weighted by molar-refractivity contribution is 14.0. The number of rotatable bonds is 5. The number of likely N-dealkylation sites (tertiary alicyclic amines) is 1. The number of hydrogen-bond donors (Lipinski definition) is 3. The molecule has 2 saturated heterocycles. The zero-order chi connectivity index (χ0) is 19.3. The fourth-order valence-corrected chi connectivity index (χ4v) is 3.84. The van der Waals surface area contributed by atoms with E-state index in [1.165, 1.54) is 12.1 Å². The maximum Gasteiger partial charge on any atom is 0.269 e. The second kappa shape index (κ2) is 9.89. The number of nitrogens with zero attached hydrogens (tertiary/aromatic N) is 3. The van der Waals surface area contributed by atoms with Gasteiger partial charge in [-0.05, 0) is 25.0 Å². The lowest BCUT2D eigenvalue weighted by molar-refractivity contribution is -0.384. The van der Waals surface area contributed by atoms with Crippen molar-refractivity contribution < 1.29 is 9.72 Å². The summed E-state index contributed by atoms with van der Waals surface area (Å²) in [7, 11) is 1.77. The molecule has 9 nitrogen and oxygen atoms in total. The number of non-ortho nitro benzene ring substituents is 1. The van der Waals surface area contributed by atoms with Crippen molar-refractivity contribution in [1.29, 1.82) is 0 Å². The van der Waals surface area contributed by atoms with Crippen LogP contribution in [0.15, 0.2) is 29.3 Å². The van der Waals surface area contributed by atoms with E-state index in [1.807, 2.05) is 0 Å². The molecule has 1 atom stereocenters. The normalized spacial score (nSPS) is 21.8. The van der Waals surface area contributed by atoms with Crippen molar-refractivity contribution >= 4 is 47.2 Å². The zero-order valence-corrected chi connectivity index (χ0v) is 18.3. The number of amides is 1. The Balaban J connectivity index is 0.00000280. The highest BCUT2D eigenvalue weighted by atomic mass is 127. The van der Waals surface area contributed by atoms with E-state index in [0.29, 0.717) is 19.5 Å². The molecule has 3 N–H and O–H groups in total. The lowest BCUT2D eigenvalue weighted by Crippen LogP contribution is -2.51. The molecule has 10 heteroatoms. The SMILES string of the molecule is CN=C(NCCNc1ccc([N+](=O)[O-])cc1)N1CCCC2(CNC(=O)C2)C1.I. The Kier molecular flexibility index (Phi) is 7.84. The van der Waals surface area contributed by atoms with Gasteiger partial charge in [0.1, 0.15) is 0 Å². The molecule has 0 radical (unpaired) electrons. The number of carbonyl (C=O) groups excluding carboxylic acids is 1. The summed E-state index contributed by atoms with van der Waals surface area (Å²) in [4.78, 5) is 28.5. The van der Waals surface area contributed by atoms with E-state index in [-0.39, 0.29) is 41.0 Å². The quantitative estimate of drug-likeness (QED) is 0.141. The van der Waals surface area contributed by atoms with Crippen molar-refractivity contribution in [2.45, 2.75) is 19.3 Å². The van der Waals surface area contributed by atoms with Gasteiger partial charge >= 0.3 is 0 Å². The second-order valence-electron chi connectivity index (χ2n) is 7.18. The van der Waals surface area contributed by atoms with Gasteiger partial charge in [0, 0.05) is 69.4 Å². The molecule has 2 aliphatic heterocycles. The molecule has 28 heavy (non-hydrogen) atoms. The highest BCUT2D eigenvalue weighted by Gasteiger charge is 2.42. The average Bonchev–Trinajstić information content (AvgIpc) is 3.01. The zero-order valence-electron chi connectivity index (χ0n) is 15.9. The molecule has 1 spiro atoms. The first-order valence-electron chi connectivity index (χ1n) is 9.22. The van der Waals surface area contributed by atoms with Crippen LogP contribution < -0.4 is 16.0 Å². The third kappa shape index (κ3) is 5.46. The molecule has 0 saturated carbocycles. The fraction of sp³-hybridized carbons (Fsp3) is 0.556. The number of benzene rings is 1. The van der Waals surface area contributed by atoms with Crippen LogP contribution in [0.5, 0.6) is 0 Å². The van der Waals surface area contributed by atoms with Gasteiger partial charge in [0.15, 0.2) is 5.96 Å². The van der Waals surface area contributed by atoms with E-state index < -0.39 is 4.92 Å². The molecular weight excluding hydrogens is 475 g/mol. The van der Waals surface area contributed by atoms with E-state index >= 15 is 0 Å². The maximum absolute atomic E-state index is 11.6. The summed E-state index contributed by atoms with van der Waals surface area (Å²) in [6.07, 6.45) is 2.72. The van der Waals surface area contributed by atoms with E-state index in [9.17, 15) is 14.9 Å². The largest absolute Gasteiger partial charge is 0.383 e. The summed E-state index contributed by atoms with van der Waals surface area (Å²) in [5.74, 6) is 0.992. The molecule has 2 fully saturated rings. The number of halogens is 1. The standard InChI is InChI=1S/C18H26N6O3.HI/c1-19-17(23-10-2-7-18(13-23)11-16(25)22-12-18)21-9-8-20-14-3-5-15(6-4-14)24(26)27;/h3-6,20H,2,7-13H2,1H3,(H,19,21)(H,22,25);1H. The van der Waals surface area contributed by atoms with E-state index in [4.69, 9.17) is 0 Å². The summed E-state index contributed by atoms with van der Waals surface area (Å²) in [5, 5.41) is 20.2. The number of nitro groups is 1. The second-order valence-corrected chi connectivity index (χ2v) is 7.18. The van der Waals surface area contributed by atoms with Crippen LogP contribution in [-0.4, -0.2) is 61.5 Å². The van der Waals surface area contributed by atoms with Crippen LogP contribution in [0.2, 0.25) is 0 Å². The Bertz CT molecular complexity index is 727. The third-order valence-corrected chi connectivity index (χ3v) is 5.18. The molecule has 2 heterocycles. The number of anilines is 1. The first-order chi connectivity index (χ1) is 13.0. The van der Waals surface area contributed by atoms with E-state index in [0.717, 1.165) is 44.1 Å². The Morgan fingerprint density at radius 2 is 2.11 bits per heavy atom. The minimum Gasteiger partial charge on any atom is -0.383 e. The molecule has 1 unspecified atom stereocenters. The summed E-state index contributed by atoms with van der Waals surface area (Å²) in [5.41, 5.74) is 0.951.